The average molecular weight is 386 g/mol. The highest BCUT2D eigenvalue weighted by Gasteiger charge is 2.37. The summed E-state index contributed by atoms with van der Waals surface area (Å²) in [6, 6.07) is 1.30. The zero-order chi connectivity index (χ0) is 13.4. The third kappa shape index (κ3) is 3.61. The molecule has 0 spiro atoms. The summed E-state index contributed by atoms with van der Waals surface area (Å²) < 4.78 is 73.6. The van der Waals surface area contributed by atoms with Gasteiger partial charge in [-0.2, -0.15) is 26.3 Å². The molecule has 0 radical (unpaired) electrons. The Morgan fingerprint density at radius 1 is 0.882 bits per heavy atom. The second-order valence-corrected chi connectivity index (χ2v) is 6.16. The molecule has 96 valence electrons. The first-order valence-electron chi connectivity index (χ1n) is 4.10. The molecule has 0 amide bonds. The van der Waals surface area contributed by atoms with Crippen LogP contribution < -0.4 is 0 Å². The molecule has 0 saturated carbocycles. The predicted molar refractivity (Wildman–Crippen MR) is 57.0 cm³/mol. The number of benzene rings is 1. The van der Waals surface area contributed by atoms with Crippen molar-refractivity contribution in [2.75, 3.05) is 0 Å². The van der Waals surface area contributed by atoms with Crippen molar-refractivity contribution in [2.45, 2.75) is 16.1 Å². The zero-order valence-electron chi connectivity index (χ0n) is 7.83. The molecule has 8 heteroatoms. The van der Waals surface area contributed by atoms with Crippen LogP contribution in [0.3, 0.4) is 0 Å². The van der Waals surface area contributed by atoms with Crippen LogP contribution in [0.4, 0.5) is 26.3 Å². The van der Waals surface area contributed by atoms with E-state index in [0.717, 1.165) is 0 Å². The number of hydrogen-bond acceptors (Lipinski definition) is 0. The molecule has 0 aliphatic carbocycles. The van der Waals surface area contributed by atoms with Crippen LogP contribution in [-0.4, -0.2) is 0 Å². The first-order valence-corrected chi connectivity index (χ1v) is 5.93. The monoisotopic (exact) mass is 384 g/mol. The molecule has 0 atom stereocenters. The number of alkyl halides is 8. The lowest BCUT2D eigenvalue weighted by molar-refractivity contribution is -0.141. The van der Waals surface area contributed by atoms with Gasteiger partial charge in [-0.3, -0.25) is 0 Å². The van der Waals surface area contributed by atoms with Gasteiger partial charge < -0.3 is 0 Å². The fourth-order valence-electron chi connectivity index (χ4n) is 1.18. The Labute approximate surface area is 109 Å². The van der Waals surface area contributed by atoms with Crippen molar-refractivity contribution in [3.63, 3.8) is 0 Å². The lowest BCUT2D eigenvalue weighted by Gasteiger charge is -2.16. The van der Waals surface area contributed by atoms with Crippen LogP contribution >= 0.6 is 31.9 Å². The van der Waals surface area contributed by atoms with Crippen LogP contribution in [0.25, 0.3) is 0 Å². The van der Waals surface area contributed by atoms with Gasteiger partial charge >= 0.3 is 12.4 Å². The van der Waals surface area contributed by atoms with E-state index in [9.17, 15) is 26.3 Å². The van der Waals surface area contributed by atoms with Gasteiger partial charge in [0.05, 0.1) is 14.9 Å². The minimum Gasteiger partial charge on any atom is -0.166 e. The van der Waals surface area contributed by atoms with Crippen LogP contribution in [0.1, 0.15) is 20.4 Å². The average Bonchev–Trinajstić information content (AvgIpc) is 2.14. The molecule has 0 nitrogen and oxygen atoms in total. The van der Waals surface area contributed by atoms with E-state index in [0.29, 0.717) is 18.2 Å². The van der Waals surface area contributed by atoms with Crippen LogP contribution in [0.15, 0.2) is 18.2 Å². The van der Waals surface area contributed by atoms with Crippen molar-refractivity contribution < 1.29 is 26.3 Å². The zero-order valence-corrected chi connectivity index (χ0v) is 11.0. The topological polar surface area (TPSA) is 0 Å². The smallest absolute Gasteiger partial charge is 0.166 e. The Kier molecular flexibility index (Phi) is 4.18. The van der Waals surface area contributed by atoms with Crippen molar-refractivity contribution in [3.05, 3.63) is 34.9 Å². The van der Waals surface area contributed by atoms with Gasteiger partial charge in [-0.1, -0.05) is 31.9 Å². The molecular formula is C9H4Br2F6. The van der Waals surface area contributed by atoms with E-state index in [-0.39, 0.29) is 0 Å². The maximum absolute atomic E-state index is 12.5. The predicted octanol–water partition coefficient (Wildman–Crippen LogP) is 5.51. The lowest BCUT2D eigenvalue weighted by atomic mass is 10.0. The van der Waals surface area contributed by atoms with Crippen LogP contribution in [0.2, 0.25) is 0 Å². The molecule has 0 fully saturated rings. The van der Waals surface area contributed by atoms with E-state index in [1.165, 1.54) is 0 Å². The van der Waals surface area contributed by atoms with Gasteiger partial charge in [-0.05, 0) is 23.8 Å². The standard InChI is InChI=1S/C9H4Br2F6/c10-7(11)5-3-4(8(12,13)14)1-2-6(5)9(15,16)17/h1-3,7H. The van der Waals surface area contributed by atoms with E-state index in [2.05, 4.69) is 31.9 Å². The Balaban J connectivity index is 3.38. The van der Waals surface area contributed by atoms with Gasteiger partial charge in [0.2, 0.25) is 0 Å². The Morgan fingerprint density at radius 3 is 1.76 bits per heavy atom. The fraction of sp³-hybridized carbons (Fsp3) is 0.333. The summed E-state index contributed by atoms with van der Waals surface area (Å²) in [5.41, 5.74) is -2.74. The summed E-state index contributed by atoms with van der Waals surface area (Å²) in [6.45, 7) is 0. The Bertz CT molecular complexity index is 407. The summed E-state index contributed by atoms with van der Waals surface area (Å²) in [5, 5.41) is 0. The Morgan fingerprint density at radius 2 is 1.41 bits per heavy atom. The number of halogens is 8. The van der Waals surface area contributed by atoms with Crippen molar-refractivity contribution >= 4 is 31.9 Å². The van der Waals surface area contributed by atoms with E-state index in [4.69, 9.17) is 0 Å². The highest BCUT2D eigenvalue weighted by atomic mass is 79.9. The first-order chi connectivity index (χ1) is 7.53. The molecule has 1 aromatic carbocycles. The molecule has 0 aliphatic rings. The summed E-state index contributed by atoms with van der Waals surface area (Å²) in [5.74, 6) is 0. The molecule has 0 unspecified atom stereocenters. The van der Waals surface area contributed by atoms with E-state index >= 15 is 0 Å². The summed E-state index contributed by atoms with van der Waals surface area (Å²) in [7, 11) is 0. The minimum atomic E-state index is -4.70. The normalized spacial score (nSPS) is 13.2. The largest absolute Gasteiger partial charge is 0.416 e. The van der Waals surface area contributed by atoms with E-state index in [1.54, 1.807) is 0 Å². The minimum absolute atomic E-state index is 0.411. The fourth-order valence-corrected chi connectivity index (χ4v) is 1.94. The first kappa shape index (κ1) is 14.8. The highest BCUT2D eigenvalue weighted by molar-refractivity contribution is 9.24. The molecular weight excluding hydrogens is 382 g/mol. The lowest BCUT2D eigenvalue weighted by Crippen LogP contribution is -2.12. The van der Waals surface area contributed by atoms with Gasteiger partial charge in [-0.15, -0.1) is 0 Å². The molecule has 0 N–H and O–H groups in total. The summed E-state index contributed by atoms with van der Waals surface area (Å²) in [6.07, 6.45) is -9.37. The maximum atomic E-state index is 12.5. The van der Waals surface area contributed by atoms with Crippen LogP contribution in [0.5, 0.6) is 0 Å². The van der Waals surface area contributed by atoms with Gasteiger partial charge in [0.25, 0.3) is 0 Å². The third-order valence-corrected chi connectivity index (χ3v) is 2.91. The van der Waals surface area contributed by atoms with Gasteiger partial charge in [0.15, 0.2) is 0 Å². The third-order valence-electron chi connectivity index (χ3n) is 1.92. The quantitative estimate of drug-likeness (QED) is 0.441. The van der Waals surface area contributed by atoms with E-state index < -0.39 is 32.8 Å². The second-order valence-electron chi connectivity index (χ2n) is 3.10. The molecule has 1 rings (SSSR count). The summed E-state index contributed by atoms with van der Waals surface area (Å²) in [4.78, 5) is 0. The summed E-state index contributed by atoms with van der Waals surface area (Å²) >= 11 is 5.55. The van der Waals surface area contributed by atoms with E-state index in [1.807, 2.05) is 0 Å². The van der Waals surface area contributed by atoms with Crippen molar-refractivity contribution in [1.29, 1.82) is 0 Å². The number of rotatable bonds is 1. The van der Waals surface area contributed by atoms with Crippen molar-refractivity contribution in [2.24, 2.45) is 0 Å². The Hall–Kier alpha value is -0.240. The molecule has 0 saturated heterocycles. The van der Waals surface area contributed by atoms with Gasteiger partial charge in [0, 0.05) is 0 Å². The maximum Gasteiger partial charge on any atom is 0.416 e. The van der Waals surface area contributed by atoms with Crippen LogP contribution in [0, 0.1) is 0 Å². The SMILES string of the molecule is FC(F)(F)c1ccc(C(F)(F)F)c(C(Br)Br)c1. The molecule has 0 aliphatic heterocycles. The molecule has 0 heterocycles. The highest BCUT2D eigenvalue weighted by Crippen LogP contribution is 2.42. The second kappa shape index (κ2) is 4.79. The molecule has 17 heavy (non-hydrogen) atoms. The number of hydrogen-bond donors (Lipinski definition) is 0. The van der Waals surface area contributed by atoms with Gasteiger partial charge in [-0.25, -0.2) is 0 Å². The molecule has 1 aromatic rings. The van der Waals surface area contributed by atoms with Crippen molar-refractivity contribution in [1.82, 2.24) is 0 Å². The van der Waals surface area contributed by atoms with Crippen LogP contribution in [-0.2, 0) is 12.4 Å². The van der Waals surface area contributed by atoms with Gasteiger partial charge in [0.1, 0.15) is 0 Å². The van der Waals surface area contributed by atoms with Crippen molar-refractivity contribution in [3.8, 4) is 0 Å². The molecule has 0 aromatic heterocycles. The molecule has 0 bridgehead atoms.